The van der Waals surface area contributed by atoms with Crippen molar-refractivity contribution in [2.75, 3.05) is 5.75 Å². The highest BCUT2D eigenvalue weighted by molar-refractivity contribution is 7.99. The summed E-state index contributed by atoms with van der Waals surface area (Å²) in [6.07, 6.45) is 0. The van der Waals surface area contributed by atoms with Crippen molar-refractivity contribution in [1.82, 2.24) is 15.2 Å². The van der Waals surface area contributed by atoms with Crippen LogP contribution in [-0.2, 0) is 9.53 Å². The standard InChI is InChI=1S/C15H19N3O2S/c1-10-5-7-11(8-6-10)13-16-14(18-17-13)21-9-12(19)20-15(2,3)4/h5-8H,9H2,1-4H3,(H,16,17,18). The number of aromatic nitrogens is 3. The average molecular weight is 305 g/mol. The number of nitrogens with zero attached hydrogens (tertiary/aromatic N) is 2. The molecule has 0 saturated heterocycles. The van der Waals surface area contributed by atoms with Crippen LogP contribution in [0.25, 0.3) is 11.4 Å². The zero-order valence-corrected chi connectivity index (χ0v) is 13.5. The second-order valence-corrected chi connectivity index (χ2v) is 6.65. The molecule has 1 N–H and O–H groups in total. The van der Waals surface area contributed by atoms with Crippen LogP contribution in [0.2, 0.25) is 0 Å². The van der Waals surface area contributed by atoms with E-state index in [0.717, 1.165) is 5.56 Å². The summed E-state index contributed by atoms with van der Waals surface area (Å²) in [6.45, 7) is 7.57. The quantitative estimate of drug-likeness (QED) is 0.694. The van der Waals surface area contributed by atoms with Crippen LogP contribution in [0.1, 0.15) is 26.3 Å². The van der Waals surface area contributed by atoms with Gasteiger partial charge >= 0.3 is 5.97 Å². The Morgan fingerprint density at radius 3 is 2.57 bits per heavy atom. The summed E-state index contributed by atoms with van der Waals surface area (Å²) in [6, 6.07) is 8.01. The molecule has 0 aliphatic heterocycles. The predicted octanol–water partition coefficient (Wildman–Crippen LogP) is 3.21. The molecule has 0 unspecified atom stereocenters. The van der Waals surface area contributed by atoms with Crippen molar-refractivity contribution < 1.29 is 9.53 Å². The Morgan fingerprint density at radius 1 is 1.29 bits per heavy atom. The summed E-state index contributed by atoms with van der Waals surface area (Å²) in [5.41, 5.74) is 1.69. The van der Waals surface area contributed by atoms with Gasteiger partial charge in [0.15, 0.2) is 5.82 Å². The van der Waals surface area contributed by atoms with Crippen molar-refractivity contribution in [3.05, 3.63) is 29.8 Å². The zero-order chi connectivity index (χ0) is 15.5. The molecule has 2 aromatic rings. The number of benzene rings is 1. The van der Waals surface area contributed by atoms with Gasteiger partial charge in [0.1, 0.15) is 5.60 Å². The van der Waals surface area contributed by atoms with Gasteiger partial charge in [-0.2, -0.15) is 0 Å². The molecule has 2 rings (SSSR count). The molecule has 0 radical (unpaired) electrons. The van der Waals surface area contributed by atoms with Crippen LogP contribution in [0, 0.1) is 6.92 Å². The lowest BCUT2D eigenvalue weighted by atomic mass is 10.1. The molecule has 0 amide bonds. The largest absolute Gasteiger partial charge is 0.459 e. The number of ether oxygens (including phenoxy) is 1. The minimum Gasteiger partial charge on any atom is -0.459 e. The lowest BCUT2D eigenvalue weighted by Crippen LogP contribution is -2.24. The Morgan fingerprint density at radius 2 is 1.95 bits per heavy atom. The number of carbonyl (C=O) groups excluding carboxylic acids is 1. The topological polar surface area (TPSA) is 67.9 Å². The third kappa shape index (κ3) is 4.90. The number of aromatic amines is 1. The first-order chi connectivity index (χ1) is 9.83. The molecule has 0 aliphatic rings. The molecule has 5 nitrogen and oxygen atoms in total. The number of hydrogen-bond donors (Lipinski definition) is 1. The number of aryl methyl sites for hydroxylation is 1. The highest BCUT2D eigenvalue weighted by atomic mass is 32.2. The van der Waals surface area contributed by atoms with Gasteiger partial charge in [-0.15, -0.1) is 5.10 Å². The van der Waals surface area contributed by atoms with E-state index < -0.39 is 5.60 Å². The molecular weight excluding hydrogens is 286 g/mol. The Hall–Kier alpha value is -1.82. The van der Waals surface area contributed by atoms with Gasteiger partial charge in [0.2, 0.25) is 5.16 Å². The highest BCUT2D eigenvalue weighted by Crippen LogP contribution is 2.20. The van der Waals surface area contributed by atoms with Gasteiger partial charge in [-0.3, -0.25) is 9.89 Å². The first kappa shape index (κ1) is 15.6. The van der Waals surface area contributed by atoms with E-state index in [4.69, 9.17) is 4.74 Å². The van der Waals surface area contributed by atoms with E-state index in [1.165, 1.54) is 17.3 Å². The summed E-state index contributed by atoms with van der Waals surface area (Å²) in [5.74, 6) is 0.624. The Labute approximate surface area is 128 Å². The molecule has 6 heteroatoms. The van der Waals surface area contributed by atoms with E-state index >= 15 is 0 Å². The first-order valence-electron chi connectivity index (χ1n) is 6.67. The van der Waals surface area contributed by atoms with E-state index in [9.17, 15) is 4.79 Å². The maximum atomic E-state index is 11.6. The van der Waals surface area contributed by atoms with Crippen molar-refractivity contribution >= 4 is 17.7 Å². The highest BCUT2D eigenvalue weighted by Gasteiger charge is 2.17. The molecule has 0 bridgehead atoms. The number of esters is 1. The predicted molar refractivity (Wildman–Crippen MR) is 83.1 cm³/mol. The molecule has 0 saturated carbocycles. The van der Waals surface area contributed by atoms with Gasteiger partial charge in [0.25, 0.3) is 0 Å². The molecule has 21 heavy (non-hydrogen) atoms. The fourth-order valence-electron chi connectivity index (χ4n) is 1.65. The van der Waals surface area contributed by atoms with Gasteiger partial charge in [0, 0.05) is 5.56 Å². The third-order valence-corrected chi connectivity index (χ3v) is 3.35. The lowest BCUT2D eigenvalue weighted by molar-refractivity contribution is -0.151. The fraction of sp³-hybridized carbons (Fsp3) is 0.400. The van der Waals surface area contributed by atoms with Crippen molar-refractivity contribution in [2.45, 2.75) is 38.5 Å². The normalized spacial score (nSPS) is 11.4. The van der Waals surface area contributed by atoms with E-state index in [-0.39, 0.29) is 11.7 Å². The summed E-state index contributed by atoms with van der Waals surface area (Å²) < 4.78 is 5.24. The Balaban J connectivity index is 1.94. The second kappa shape index (κ2) is 6.30. The van der Waals surface area contributed by atoms with E-state index in [1.54, 1.807) is 0 Å². The maximum Gasteiger partial charge on any atom is 0.316 e. The van der Waals surface area contributed by atoms with Crippen molar-refractivity contribution in [3.8, 4) is 11.4 Å². The van der Waals surface area contributed by atoms with Crippen molar-refractivity contribution in [1.29, 1.82) is 0 Å². The molecule has 1 aromatic carbocycles. The minimum absolute atomic E-state index is 0.197. The van der Waals surface area contributed by atoms with Crippen LogP contribution in [0.3, 0.4) is 0 Å². The van der Waals surface area contributed by atoms with E-state index in [0.29, 0.717) is 11.0 Å². The Bertz CT molecular complexity index is 615. The van der Waals surface area contributed by atoms with Crippen LogP contribution in [0.4, 0.5) is 0 Å². The molecule has 0 aliphatic carbocycles. The van der Waals surface area contributed by atoms with Crippen LogP contribution < -0.4 is 0 Å². The molecule has 0 fully saturated rings. The van der Waals surface area contributed by atoms with Crippen LogP contribution in [0.15, 0.2) is 29.4 Å². The van der Waals surface area contributed by atoms with Gasteiger partial charge in [0.05, 0.1) is 5.75 Å². The monoisotopic (exact) mass is 305 g/mol. The molecular formula is C15H19N3O2S. The van der Waals surface area contributed by atoms with Crippen LogP contribution in [0.5, 0.6) is 0 Å². The molecule has 0 atom stereocenters. The van der Waals surface area contributed by atoms with E-state index in [2.05, 4.69) is 15.2 Å². The number of carbonyl (C=O) groups is 1. The average Bonchev–Trinajstić information content (AvgIpc) is 2.84. The lowest BCUT2D eigenvalue weighted by Gasteiger charge is -2.18. The number of hydrogen-bond acceptors (Lipinski definition) is 5. The molecule has 112 valence electrons. The SMILES string of the molecule is Cc1ccc(-c2nc(SCC(=O)OC(C)(C)C)n[nH]2)cc1. The fourth-order valence-corrected chi connectivity index (χ4v) is 2.22. The van der Waals surface area contributed by atoms with Gasteiger partial charge < -0.3 is 4.74 Å². The number of nitrogens with one attached hydrogen (secondary N) is 1. The number of thioether (sulfide) groups is 1. The smallest absolute Gasteiger partial charge is 0.316 e. The van der Waals surface area contributed by atoms with Gasteiger partial charge in [-0.25, -0.2) is 4.98 Å². The molecule has 1 aromatic heterocycles. The zero-order valence-electron chi connectivity index (χ0n) is 12.6. The van der Waals surface area contributed by atoms with E-state index in [1.807, 2.05) is 52.0 Å². The summed E-state index contributed by atoms with van der Waals surface area (Å²) in [4.78, 5) is 16.0. The van der Waals surface area contributed by atoms with Crippen molar-refractivity contribution in [3.63, 3.8) is 0 Å². The molecule has 0 spiro atoms. The number of H-pyrrole nitrogens is 1. The maximum absolute atomic E-state index is 11.6. The van der Waals surface area contributed by atoms with Gasteiger partial charge in [-0.1, -0.05) is 41.6 Å². The summed E-state index contributed by atoms with van der Waals surface area (Å²) in [5, 5.41) is 7.52. The van der Waals surface area contributed by atoms with Crippen LogP contribution in [-0.4, -0.2) is 32.5 Å². The summed E-state index contributed by atoms with van der Waals surface area (Å²) in [7, 11) is 0. The van der Waals surface area contributed by atoms with Gasteiger partial charge in [-0.05, 0) is 27.7 Å². The second-order valence-electron chi connectivity index (χ2n) is 5.71. The number of rotatable bonds is 4. The Kier molecular flexibility index (Phi) is 4.67. The molecule has 1 heterocycles. The third-order valence-electron chi connectivity index (χ3n) is 2.53. The van der Waals surface area contributed by atoms with Crippen molar-refractivity contribution in [2.24, 2.45) is 0 Å². The first-order valence-corrected chi connectivity index (χ1v) is 7.66. The minimum atomic E-state index is -0.469. The van der Waals surface area contributed by atoms with Crippen LogP contribution >= 0.6 is 11.8 Å². The summed E-state index contributed by atoms with van der Waals surface area (Å²) >= 11 is 1.26.